The Balaban J connectivity index is 2.04. The van der Waals surface area contributed by atoms with E-state index < -0.39 is 0 Å². The van der Waals surface area contributed by atoms with Gasteiger partial charge in [0.2, 0.25) is 0 Å². The summed E-state index contributed by atoms with van der Waals surface area (Å²) < 4.78 is 0. The van der Waals surface area contributed by atoms with E-state index in [0.717, 1.165) is 0 Å². The molecule has 2 unspecified atom stereocenters. The molecule has 0 saturated heterocycles. The van der Waals surface area contributed by atoms with Crippen LogP contribution in [-0.2, 0) is 5.41 Å². The van der Waals surface area contributed by atoms with Crippen LogP contribution in [0.3, 0.4) is 0 Å². The zero-order valence-corrected chi connectivity index (χ0v) is 13.0. The van der Waals surface area contributed by atoms with Gasteiger partial charge < -0.3 is 0 Å². The van der Waals surface area contributed by atoms with Crippen molar-refractivity contribution in [3.05, 3.63) is 71.8 Å². The van der Waals surface area contributed by atoms with Crippen LogP contribution in [0.1, 0.15) is 57.1 Å². The molecule has 0 saturated carbocycles. The molecule has 0 nitrogen and oxygen atoms in total. The second-order valence-electron chi connectivity index (χ2n) is 6.13. The maximum absolute atomic E-state index is 2.40. The Labute approximate surface area is 123 Å². The summed E-state index contributed by atoms with van der Waals surface area (Å²) in [4.78, 5) is 0. The van der Waals surface area contributed by atoms with Crippen LogP contribution in [0.2, 0.25) is 0 Å². The SMILES string of the molecule is CCC(C)(CCC(C)c1ccccc1)c1ccccc1. The molecule has 0 aliphatic rings. The summed E-state index contributed by atoms with van der Waals surface area (Å²) in [6, 6.07) is 21.8. The van der Waals surface area contributed by atoms with Gasteiger partial charge in [-0.15, -0.1) is 0 Å². The van der Waals surface area contributed by atoms with Gasteiger partial charge in [-0.25, -0.2) is 0 Å². The van der Waals surface area contributed by atoms with Gasteiger partial charge in [0.15, 0.2) is 0 Å². The van der Waals surface area contributed by atoms with E-state index in [-0.39, 0.29) is 0 Å². The fourth-order valence-corrected chi connectivity index (χ4v) is 2.85. The van der Waals surface area contributed by atoms with E-state index in [9.17, 15) is 0 Å². The van der Waals surface area contributed by atoms with Crippen molar-refractivity contribution in [3.8, 4) is 0 Å². The molecule has 106 valence electrons. The third-order valence-corrected chi connectivity index (χ3v) is 4.75. The monoisotopic (exact) mass is 266 g/mol. The van der Waals surface area contributed by atoms with Crippen molar-refractivity contribution >= 4 is 0 Å². The first-order chi connectivity index (χ1) is 9.65. The molecule has 20 heavy (non-hydrogen) atoms. The summed E-state index contributed by atoms with van der Waals surface area (Å²) in [5.74, 6) is 0.630. The van der Waals surface area contributed by atoms with Gasteiger partial charge in [-0.3, -0.25) is 0 Å². The van der Waals surface area contributed by atoms with Gasteiger partial charge in [-0.1, -0.05) is 81.4 Å². The van der Waals surface area contributed by atoms with E-state index in [2.05, 4.69) is 81.4 Å². The molecule has 0 N–H and O–H groups in total. The van der Waals surface area contributed by atoms with Crippen molar-refractivity contribution in [1.82, 2.24) is 0 Å². The van der Waals surface area contributed by atoms with Crippen LogP contribution in [0.4, 0.5) is 0 Å². The Hall–Kier alpha value is -1.56. The fourth-order valence-electron chi connectivity index (χ4n) is 2.85. The lowest BCUT2D eigenvalue weighted by molar-refractivity contribution is 0.390. The maximum atomic E-state index is 2.40. The molecule has 0 fully saturated rings. The highest BCUT2D eigenvalue weighted by molar-refractivity contribution is 5.25. The summed E-state index contributed by atoms with van der Waals surface area (Å²) in [7, 11) is 0. The Morgan fingerprint density at radius 1 is 0.900 bits per heavy atom. The number of hydrogen-bond donors (Lipinski definition) is 0. The lowest BCUT2D eigenvalue weighted by Crippen LogP contribution is -2.21. The zero-order chi connectivity index (χ0) is 14.4. The van der Waals surface area contributed by atoms with Gasteiger partial charge in [0.05, 0.1) is 0 Å². The van der Waals surface area contributed by atoms with Gasteiger partial charge in [-0.05, 0) is 41.7 Å². The van der Waals surface area contributed by atoms with Crippen LogP contribution in [0.25, 0.3) is 0 Å². The lowest BCUT2D eigenvalue weighted by Gasteiger charge is -2.30. The highest BCUT2D eigenvalue weighted by atomic mass is 14.3. The first-order valence-corrected chi connectivity index (χ1v) is 7.76. The smallest absolute Gasteiger partial charge is 0.00777 e. The number of hydrogen-bond acceptors (Lipinski definition) is 0. The predicted octanol–water partition coefficient (Wildman–Crippen LogP) is 5.94. The molecular weight excluding hydrogens is 240 g/mol. The Kier molecular flexibility index (Phi) is 5.00. The van der Waals surface area contributed by atoms with Gasteiger partial charge in [0.1, 0.15) is 0 Å². The standard InChI is InChI=1S/C20H26/c1-4-20(3,19-13-9-6-10-14-19)16-15-17(2)18-11-7-5-8-12-18/h5-14,17H,4,15-16H2,1-3H3. The summed E-state index contributed by atoms with van der Waals surface area (Å²) in [5, 5.41) is 0. The predicted molar refractivity (Wildman–Crippen MR) is 88.2 cm³/mol. The minimum atomic E-state index is 0.296. The van der Waals surface area contributed by atoms with E-state index in [0.29, 0.717) is 11.3 Å². The van der Waals surface area contributed by atoms with E-state index >= 15 is 0 Å². The van der Waals surface area contributed by atoms with Gasteiger partial charge >= 0.3 is 0 Å². The summed E-state index contributed by atoms with van der Waals surface area (Å²) in [6.45, 7) is 7.05. The van der Waals surface area contributed by atoms with Crippen LogP contribution in [0.5, 0.6) is 0 Å². The molecule has 0 amide bonds. The fraction of sp³-hybridized carbons (Fsp3) is 0.400. The van der Waals surface area contributed by atoms with E-state index in [1.54, 1.807) is 0 Å². The Morgan fingerprint density at radius 2 is 1.45 bits per heavy atom. The third-order valence-electron chi connectivity index (χ3n) is 4.75. The zero-order valence-electron chi connectivity index (χ0n) is 13.0. The molecule has 2 rings (SSSR count). The Morgan fingerprint density at radius 3 is 2.00 bits per heavy atom. The minimum absolute atomic E-state index is 0.296. The van der Waals surface area contributed by atoms with Gasteiger partial charge in [0.25, 0.3) is 0 Å². The topological polar surface area (TPSA) is 0 Å². The van der Waals surface area contributed by atoms with Crippen molar-refractivity contribution in [1.29, 1.82) is 0 Å². The molecule has 0 heteroatoms. The first-order valence-electron chi connectivity index (χ1n) is 7.76. The van der Waals surface area contributed by atoms with Crippen LogP contribution < -0.4 is 0 Å². The summed E-state index contributed by atoms with van der Waals surface area (Å²) >= 11 is 0. The van der Waals surface area contributed by atoms with Crippen molar-refractivity contribution in [3.63, 3.8) is 0 Å². The van der Waals surface area contributed by atoms with Crippen LogP contribution in [0, 0.1) is 0 Å². The van der Waals surface area contributed by atoms with E-state index in [1.807, 2.05) is 0 Å². The van der Waals surface area contributed by atoms with E-state index in [4.69, 9.17) is 0 Å². The normalized spacial score (nSPS) is 15.6. The summed E-state index contributed by atoms with van der Waals surface area (Å²) in [5.41, 5.74) is 3.23. The number of rotatable bonds is 6. The maximum Gasteiger partial charge on any atom is -0.00777 e. The van der Waals surface area contributed by atoms with Gasteiger partial charge in [-0.2, -0.15) is 0 Å². The van der Waals surface area contributed by atoms with Gasteiger partial charge in [0, 0.05) is 0 Å². The molecule has 0 aliphatic heterocycles. The molecule has 0 aliphatic carbocycles. The van der Waals surface area contributed by atoms with E-state index in [1.165, 1.54) is 30.4 Å². The van der Waals surface area contributed by atoms with Crippen molar-refractivity contribution in [2.45, 2.75) is 51.4 Å². The first kappa shape index (κ1) is 14.8. The molecule has 2 aromatic rings. The highest BCUT2D eigenvalue weighted by Crippen LogP contribution is 2.35. The number of benzene rings is 2. The molecule has 0 aromatic heterocycles. The quantitative estimate of drug-likeness (QED) is 0.607. The van der Waals surface area contributed by atoms with Crippen molar-refractivity contribution in [2.24, 2.45) is 0 Å². The molecular formula is C20H26. The molecule has 0 radical (unpaired) electrons. The lowest BCUT2D eigenvalue weighted by atomic mass is 9.74. The molecule has 0 bridgehead atoms. The Bertz CT molecular complexity index is 500. The van der Waals surface area contributed by atoms with Crippen molar-refractivity contribution in [2.75, 3.05) is 0 Å². The van der Waals surface area contributed by atoms with Crippen LogP contribution in [-0.4, -0.2) is 0 Å². The molecule has 2 aromatic carbocycles. The molecule has 2 atom stereocenters. The average Bonchev–Trinajstić information content (AvgIpc) is 2.54. The van der Waals surface area contributed by atoms with Crippen LogP contribution in [0.15, 0.2) is 60.7 Å². The highest BCUT2D eigenvalue weighted by Gasteiger charge is 2.24. The summed E-state index contributed by atoms with van der Waals surface area (Å²) in [6.07, 6.45) is 3.67. The third kappa shape index (κ3) is 3.50. The second-order valence-corrected chi connectivity index (χ2v) is 6.13. The average molecular weight is 266 g/mol. The molecule has 0 heterocycles. The second kappa shape index (κ2) is 6.74. The largest absolute Gasteiger partial charge is 0.0645 e. The minimum Gasteiger partial charge on any atom is -0.0645 e. The van der Waals surface area contributed by atoms with Crippen molar-refractivity contribution < 1.29 is 0 Å². The van der Waals surface area contributed by atoms with Crippen LogP contribution >= 0.6 is 0 Å². The molecule has 0 spiro atoms.